The summed E-state index contributed by atoms with van der Waals surface area (Å²) in [6.45, 7) is 0. The van der Waals surface area contributed by atoms with E-state index in [0.717, 1.165) is 11.6 Å². The first-order valence-electron chi connectivity index (χ1n) is 12.2. The van der Waals surface area contributed by atoms with Crippen molar-refractivity contribution >= 4 is 65.6 Å². The van der Waals surface area contributed by atoms with Crippen molar-refractivity contribution in [1.82, 2.24) is 14.6 Å². The van der Waals surface area contributed by atoms with Crippen LogP contribution in [0.1, 0.15) is 5.56 Å². The summed E-state index contributed by atoms with van der Waals surface area (Å²) in [6, 6.07) is 20.4. The van der Waals surface area contributed by atoms with Gasteiger partial charge in [0.05, 0.1) is 43.5 Å². The zero-order valence-corrected chi connectivity index (χ0v) is 24.7. The molecular formula is C29H17Br2N5O6. The van der Waals surface area contributed by atoms with E-state index in [2.05, 4.69) is 41.9 Å². The average Bonchev–Trinajstić information content (AvgIpc) is 3.43. The standard InChI is InChI=1S/C29H17Br2N5O6/c1-40-23-7-4-8-24-19(23)13-25(41-24)28-34-22-6-3-2-5-18(22)29(37)35(28)33-14-16-11-20(30)27(21(31)12-16)42-26-10-9-17(15-32-26)36(38)39/h2-15H,1H3. The number of furan rings is 1. The molecule has 0 aliphatic heterocycles. The molecule has 0 aliphatic carbocycles. The van der Waals surface area contributed by atoms with E-state index in [9.17, 15) is 14.9 Å². The summed E-state index contributed by atoms with van der Waals surface area (Å²) in [5.74, 6) is 1.76. The summed E-state index contributed by atoms with van der Waals surface area (Å²) in [5, 5.41) is 16.5. The molecule has 0 spiro atoms. The number of hydrogen-bond acceptors (Lipinski definition) is 9. The third-order valence-corrected chi connectivity index (χ3v) is 7.37. The largest absolute Gasteiger partial charge is 0.496 e. The number of nitro groups is 1. The van der Waals surface area contributed by atoms with E-state index in [1.54, 1.807) is 55.6 Å². The number of methoxy groups -OCH3 is 1. The van der Waals surface area contributed by atoms with Gasteiger partial charge in [0.15, 0.2) is 11.5 Å². The van der Waals surface area contributed by atoms with Crippen LogP contribution >= 0.6 is 31.9 Å². The predicted molar refractivity (Wildman–Crippen MR) is 164 cm³/mol. The van der Waals surface area contributed by atoms with Crippen molar-refractivity contribution in [1.29, 1.82) is 0 Å². The Bertz CT molecular complexity index is 2070. The van der Waals surface area contributed by atoms with E-state index in [1.165, 1.54) is 23.0 Å². The van der Waals surface area contributed by atoms with Crippen LogP contribution in [0.15, 0.2) is 102 Å². The number of para-hydroxylation sites is 1. The van der Waals surface area contributed by atoms with Gasteiger partial charge in [-0.2, -0.15) is 9.78 Å². The summed E-state index contributed by atoms with van der Waals surface area (Å²) in [5.41, 5.74) is 1.18. The molecule has 0 saturated carbocycles. The molecule has 6 aromatic rings. The van der Waals surface area contributed by atoms with Crippen molar-refractivity contribution in [2.45, 2.75) is 0 Å². The predicted octanol–water partition coefficient (Wildman–Crippen LogP) is 7.32. The third-order valence-electron chi connectivity index (χ3n) is 6.20. The molecule has 0 N–H and O–H groups in total. The number of ether oxygens (including phenoxy) is 2. The first-order chi connectivity index (χ1) is 20.3. The minimum atomic E-state index is -0.538. The van der Waals surface area contributed by atoms with E-state index in [4.69, 9.17) is 18.9 Å². The molecule has 0 aliphatic rings. The first-order valence-corrected chi connectivity index (χ1v) is 13.8. The van der Waals surface area contributed by atoms with Crippen LogP contribution in [0.5, 0.6) is 17.4 Å². The zero-order valence-electron chi connectivity index (χ0n) is 21.5. The fourth-order valence-corrected chi connectivity index (χ4v) is 5.62. The van der Waals surface area contributed by atoms with Gasteiger partial charge in [0, 0.05) is 12.1 Å². The normalized spacial score (nSPS) is 11.4. The minimum absolute atomic E-state index is 0.147. The number of aromatic nitrogens is 3. The Morgan fingerprint density at radius 2 is 1.81 bits per heavy atom. The Labute approximate surface area is 253 Å². The lowest BCUT2D eigenvalue weighted by Gasteiger charge is -2.10. The van der Waals surface area contributed by atoms with Crippen LogP contribution in [0.3, 0.4) is 0 Å². The molecule has 11 nitrogen and oxygen atoms in total. The number of halogens is 2. The number of rotatable bonds is 7. The van der Waals surface area contributed by atoms with Gasteiger partial charge in [0.25, 0.3) is 11.2 Å². The molecular weight excluding hydrogens is 674 g/mol. The van der Waals surface area contributed by atoms with Crippen LogP contribution < -0.4 is 15.0 Å². The average molecular weight is 691 g/mol. The number of nitrogens with zero attached hydrogens (tertiary/aromatic N) is 5. The maximum absolute atomic E-state index is 13.6. The molecule has 0 amide bonds. The van der Waals surface area contributed by atoms with Gasteiger partial charge in [-0.3, -0.25) is 14.9 Å². The monoisotopic (exact) mass is 689 g/mol. The molecule has 0 atom stereocenters. The third kappa shape index (κ3) is 5.15. The lowest BCUT2D eigenvalue weighted by Crippen LogP contribution is -2.20. The first kappa shape index (κ1) is 27.3. The van der Waals surface area contributed by atoms with Gasteiger partial charge in [0.1, 0.15) is 17.5 Å². The van der Waals surface area contributed by atoms with Crippen molar-refractivity contribution in [3.05, 3.63) is 114 Å². The van der Waals surface area contributed by atoms with Crippen LogP contribution in [0.2, 0.25) is 0 Å². The summed E-state index contributed by atoms with van der Waals surface area (Å²) in [6.07, 6.45) is 2.62. The van der Waals surface area contributed by atoms with Crippen LogP contribution in [0, 0.1) is 10.1 Å². The Hall–Kier alpha value is -4.88. The van der Waals surface area contributed by atoms with Gasteiger partial charge >= 0.3 is 0 Å². The lowest BCUT2D eigenvalue weighted by atomic mass is 10.2. The van der Waals surface area contributed by atoms with E-state index in [1.807, 2.05) is 12.1 Å². The van der Waals surface area contributed by atoms with Crippen molar-refractivity contribution < 1.29 is 18.8 Å². The molecule has 3 aromatic heterocycles. The highest BCUT2D eigenvalue weighted by atomic mass is 79.9. The highest BCUT2D eigenvalue weighted by molar-refractivity contribution is 9.11. The molecule has 0 bridgehead atoms. The highest BCUT2D eigenvalue weighted by Crippen LogP contribution is 2.37. The molecule has 3 heterocycles. The van der Waals surface area contributed by atoms with Crippen molar-refractivity contribution in [3.63, 3.8) is 0 Å². The molecule has 0 unspecified atom stereocenters. The minimum Gasteiger partial charge on any atom is -0.496 e. The van der Waals surface area contributed by atoms with E-state index in [0.29, 0.717) is 48.3 Å². The van der Waals surface area contributed by atoms with Gasteiger partial charge < -0.3 is 13.9 Å². The molecule has 13 heteroatoms. The van der Waals surface area contributed by atoms with Crippen LogP contribution in [-0.4, -0.2) is 32.9 Å². The summed E-state index contributed by atoms with van der Waals surface area (Å²) < 4.78 is 19.7. The molecule has 0 radical (unpaired) electrons. The molecule has 0 fully saturated rings. The summed E-state index contributed by atoms with van der Waals surface area (Å²) in [4.78, 5) is 32.6. The lowest BCUT2D eigenvalue weighted by molar-refractivity contribution is -0.385. The van der Waals surface area contributed by atoms with E-state index >= 15 is 0 Å². The second-order valence-corrected chi connectivity index (χ2v) is 10.5. The van der Waals surface area contributed by atoms with Gasteiger partial charge in [-0.15, -0.1) is 0 Å². The Kier molecular flexibility index (Phi) is 7.27. The fourth-order valence-electron chi connectivity index (χ4n) is 4.23. The fraction of sp³-hybridized carbons (Fsp3) is 0.0345. The number of benzene rings is 3. The summed E-state index contributed by atoms with van der Waals surface area (Å²) >= 11 is 6.98. The Morgan fingerprint density at radius 1 is 1.02 bits per heavy atom. The Morgan fingerprint density at radius 3 is 2.52 bits per heavy atom. The molecule has 208 valence electrons. The maximum Gasteiger partial charge on any atom is 0.287 e. The van der Waals surface area contributed by atoms with Crippen LogP contribution in [0.4, 0.5) is 5.69 Å². The quantitative estimate of drug-likeness (QED) is 0.0966. The second kappa shape index (κ2) is 11.2. The van der Waals surface area contributed by atoms with Crippen molar-refractivity contribution in [3.8, 4) is 29.0 Å². The summed E-state index contributed by atoms with van der Waals surface area (Å²) in [7, 11) is 1.57. The van der Waals surface area contributed by atoms with Crippen molar-refractivity contribution in [2.75, 3.05) is 7.11 Å². The van der Waals surface area contributed by atoms with E-state index in [-0.39, 0.29) is 23.0 Å². The number of hydrogen-bond donors (Lipinski definition) is 0. The smallest absolute Gasteiger partial charge is 0.287 e. The highest BCUT2D eigenvalue weighted by Gasteiger charge is 2.18. The van der Waals surface area contributed by atoms with Crippen molar-refractivity contribution in [2.24, 2.45) is 5.10 Å². The van der Waals surface area contributed by atoms with E-state index < -0.39 is 4.92 Å². The zero-order chi connectivity index (χ0) is 29.4. The molecule has 42 heavy (non-hydrogen) atoms. The number of pyridine rings is 1. The van der Waals surface area contributed by atoms with Gasteiger partial charge in [-0.25, -0.2) is 9.97 Å². The number of fused-ring (bicyclic) bond motifs is 2. The topological polar surface area (TPSA) is 135 Å². The molecule has 6 rings (SSSR count). The molecule has 3 aromatic carbocycles. The van der Waals surface area contributed by atoms with Crippen LogP contribution in [0.25, 0.3) is 33.5 Å². The second-order valence-electron chi connectivity index (χ2n) is 8.82. The Balaban J connectivity index is 1.40. The van der Waals surface area contributed by atoms with Gasteiger partial charge in [0.2, 0.25) is 11.7 Å². The maximum atomic E-state index is 13.6. The molecule has 0 saturated heterocycles. The van der Waals surface area contributed by atoms with Crippen LogP contribution in [-0.2, 0) is 0 Å². The van der Waals surface area contributed by atoms with Gasteiger partial charge in [-0.05, 0) is 79.9 Å². The SMILES string of the molecule is COc1cccc2oc(-c3nc4ccccc4c(=O)n3N=Cc3cc(Br)c(Oc4ccc([N+](=O)[O-])cn4)c(Br)c3)cc12. The van der Waals surface area contributed by atoms with Gasteiger partial charge in [-0.1, -0.05) is 18.2 Å².